The summed E-state index contributed by atoms with van der Waals surface area (Å²) in [5, 5.41) is 8.67. The van der Waals surface area contributed by atoms with Gasteiger partial charge in [0.25, 0.3) is 0 Å². The molecule has 0 unspecified atom stereocenters. The Morgan fingerprint density at radius 3 is 2.88 bits per heavy atom. The van der Waals surface area contributed by atoms with Gasteiger partial charge in [0.15, 0.2) is 0 Å². The normalized spacial score (nSPS) is 9.12. The molecule has 3 nitrogen and oxygen atoms in total. The molecule has 0 saturated heterocycles. The highest BCUT2D eigenvalue weighted by atomic mass is 35.5. The number of aromatic nitrogens is 2. The molecule has 0 aliphatic rings. The number of aromatic hydroxyl groups is 1. The predicted molar refractivity (Wildman–Crippen MR) is 27.5 cm³/mol. The summed E-state index contributed by atoms with van der Waals surface area (Å²) in [6.07, 6.45) is 2.33. The fraction of sp³-hybridized carbons (Fsp3) is 0. The molecular weight excluding hydrogens is 128 g/mol. The number of hydrogen-bond acceptors (Lipinski definition) is 3. The van der Waals surface area contributed by atoms with Crippen molar-refractivity contribution in [3.63, 3.8) is 0 Å². The van der Waals surface area contributed by atoms with E-state index in [2.05, 4.69) is 16.2 Å². The van der Waals surface area contributed by atoms with E-state index in [1.807, 2.05) is 0 Å². The Kier molecular flexibility index (Phi) is 1.30. The first-order valence-corrected chi connectivity index (χ1v) is 2.26. The quantitative estimate of drug-likeness (QED) is 0.523. The average Bonchev–Trinajstić information content (AvgIpc) is 1.64. The van der Waals surface area contributed by atoms with E-state index in [0.29, 0.717) is 0 Å². The number of rotatable bonds is 0. The van der Waals surface area contributed by atoms with Crippen LogP contribution in [0.3, 0.4) is 0 Å². The second-order valence-electron chi connectivity index (χ2n) is 1.12. The topological polar surface area (TPSA) is 46.0 Å². The Labute approximate surface area is 51.0 Å². The summed E-state index contributed by atoms with van der Waals surface area (Å²) < 4.78 is 0. The number of nitrogens with zero attached hydrogens (tertiary/aromatic N) is 2. The van der Waals surface area contributed by atoms with Crippen molar-refractivity contribution < 1.29 is 5.11 Å². The molecule has 1 heterocycles. The molecule has 0 aromatic carbocycles. The smallest absolute Gasteiger partial charge is 0.315 e. The van der Waals surface area contributed by atoms with Crippen LogP contribution in [0, 0.1) is 6.20 Å². The van der Waals surface area contributed by atoms with Gasteiger partial charge < -0.3 is 5.11 Å². The summed E-state index contributed by atoms with van der Waals surface area (Å²) in [4.78, 5) is 6.63. The second kappa shape index (κ2) is 1.96. The van der Waals surface area contributed by atoms with Gasteiger partial charge in [-0.05, 0) is 0 Å². The molecule has 41 valence electrons. The largest absolute Gasteiger partial charge is 0.479 e. The Balaban J connectivity index is 3.08. The van der Waals surface area contributed by atoms with Crippen LogP contribution < -0.4 is 0 Å². The van der Waals surface area contributed by atoms with Gasteiger partial charge in [0, 0.05) is 6.07 Å². The van der Waals surface area contributed by atoms with Gasteiger partial charge in [0.1, 0.15) is 5.15 Å². The van der Waals surface area contributed by atoms with Crippen molar-refractivity contribution in [2.45, 2.75) is 0 Å². The maximum Gasteiger partial charge on any atom is 0.315 e. The second-order valence-corrected chi connectivity index (χ2v) is 1.51. The van der Waals surface area contributed by atoms with Crippen molar-refractivity contribution in [2.24, 2.45) is 0 Å². The van der Waals surface area contributed by atoms with E-state index in [1.54, 1.807) is 0 Å². The van der Waals surface area contributed by atoms with Gasteiger partial charge in [0.2, 0.25) is 0 Å². The van der Waals surface area contributed by atoms with E-state index in [4.69, 9.17) is 16.7 Å². The SMILES string of the molecule is Oc1n[c]cc(Cl)n1. The summed E-state index contributed by atoms with van der Waals surface area (Å²) in [6.45, 7) is 0. The molecular formula is C4H2ClN2O. The minimum absolute atomic E-state index is 0.192. The van der Waals surface area contributed by atoms with Gasteiger partial charge in [-0.25, -0.2) is 0 Å². The summed E-state index contributed by atoms with van der Waals surface area (Å²) >= 11 is 5.30. The van der Waals surface area contributed by atoms with Gasteiger partial charge in [0.05, 0.1) is 6.20 Å². The van der Waals surface area contributed by atoms with E-state index in [-0.39, 0.29) is 11.2 Å². The van der Waals surface area contributed by atoms with Crippen molar-refractivity contribution in [1.82, 2.24) is 9.97 Å². The average molecular weight is 130 g/mol. The van der Waals surface area contributed by atoms with Crippen LogP contribution in [0.5, 0.6) is 6.01 Å². The molecule has 1 N–H and O–H groups in total. The van der Waals surface area contributed by atoms with Crippen molar-refractivity contribution in [3.05, 3.63) is 17.4 Å². The lowest BCUT2D eigenvalue weighted by Gasteiger charge is -1.85. The molecule has 1 radical (unpaired) electrons. The first kappa shape index (κ1) is 5.31. The summed E-state index contributed by atoms with van der Waals surface area (Å²) in [5.74, 6) is 0. The van der Waals surface area contributed by atoms with Crippen LogP contribution in [0.1, 0.15) is 0 Å². The summed E-state index contributed by atoms with van der Waals surface area (Å²) in [6, 6.07) is 1.01. The van der Waals surface area contributed by atoms with Gasteiger partial charge >= 0.3 is 6.01 Å². The number of hydrogen-bond donors (Lipinski definition) is 1. The zero-order valence-corrected chi connectivity index (χ0v) is 4.55. The fourth-order valence-corrected chi connectivity index (χ4v) is 0.420. The van der Waals surface area contributed by atoms with Crippen LogP contribution in [0.15, 0.2) is 6.07 Å². The van der Waals surface area contributed by atoms with Gasteiger partial charge in [-0.15, -0.1) is 0 Å². The van der Waals surface area contributed by atoms with Crippen molar-refractivity contribution in [1.29, 1.82) is 0 Å². The molecule has 0 fully saturated rings. The Bertz CT molecular complexity index is 174. The van der Waals surface area contributed by atoms with Gasteiger partial charge in [-0.3, -0.25) is 0 Å². The van der Waals surface area contributed by atoms with E-state index < -0.39 is 0 Å². The zero-order chi connectivity index (χ0) is 5.98. The van der Waals surface area contributed by atoms with Crippen LogP contribution in [-0.4, -0.2) is 15.1 Å². The maximum absolute atomic E-state index is 8.48. The molecule has 0 saturated carbocycles. The number of halogens is 1. The van der Waals surface area contributed by atoms with Gasteiger partial charge in [-0.1, -0.05) is 11.6 Å². The minimum Gasteiger partial charge on any atom is -0.479 e. The maximum atomic E-state index is 8.48. The van der Waals surface area contributed by atoms with Crippen LogP contribution in [0.4, 0.5) is 0 Å². The molecule has 0 aliphatic heterocycles. The molecule has 0 spiro atoms. The molecule has 8 heavy (non-hydrogen) atoms. The van der Waals surface area contributed by atoms with Crippen molar-refractivity contribution in [3.8, 4) is 6.01 Å². The minimum atomic E-state index is -0.350. The van der Waals surface area contributed by atoms with Crippen molar-refractivity contribution >= 4 is 11.6 Å². The Morgan fingerprint density at radius 1 is 1.75 bits per heavy atom. The van der Waals surface area contributed by atoms with Crippen LogP contribution in [0.25, 0.3) is 0 Å². The summed E-state index contributed by atoms with van der Waals surface area (Å²) in [7, 11) is 0. The lowest BCUT2D eigenvalue weighted by atomic mass is 10.7. The van der Waals surface area contributed by atoms with Crippen LogP contribution in [0.2, 0.25) is 5.15 Å². The monoisotopic (exact) mass is 129 g/mol. The molecule has 0 atom stereocenters. The van der Waals surface area contributed by atoms with Gasteiger partial charge in [-0.2, -0.15) is 9.97 Å². The first-order valence-electron chi connectivity index (χ1n) is 1.88. The fourth-order valence-electron chi connectivity index (χ4n) is 0.296. The molecule has 1 aromatic heterocycles. The third kappa shape index (κ3) is 1.07. The molecule has 0 amide bonds. The summed E-state index contributed by atoms with van der Waals surface area (Å²) in [5.41, 5.74) is 0. The lowest BCUT2D eigenvalue weighted by Crippen LogP contribution is -1.78. The lowest BCUT2D eigenvalue weighted by molar-refractivity contribution is 0.430. The highest BCUT2D eigenvalue weighted by molar-refractivity contribution is 6.29. The Hall–Kier alpha value is -0.830. The standard InChI is InChI=1S/C4H2ClN2O/c5-3-1-2-6-4(8)7-3/h1H,(H,6,7,8). The van der Waals surface area contributed by atoms with Crippen molar-refractivity contribution in [2.75, 3.05) is 0 Å². The van der Waals surface area contributed by atoms with E-state index in [1.165, 1.54) is 6.07 Å². The van der Waals surface area contributed by atoms with E-state index in [9.17, 15) is 0 Å². The molecule has 1 rings (SSSR count). The molecule has 1 aromatic rings. The zero-order valence-electron chi connectivity index (χ0n) is 3.80. The Morgan fingerprint density at radius 2 is 2.50 bits per heavy atom. The first-order chi connectivity index (χ1) is 3.79. The third-order valence-corrected chi connectivity index (χ3v) is 0.749. The predicted octanol–water partition coefficient (Wildman–Crippen LogP) is 0.636. The highest BCUT2D eigenvalue weighted by Gasteiger charge is 1.89. The molecule has 4 heteroatoms. The molecule has 0 bridgehead atoms. The van der Waals surface area contributed by atoms with E-state index >= 15 is 0 Å². The van der Waals surface area contributed by atoms with E-state index in [0.717, 1.165) is 0 Å². The van der Waals surface area contributed by atoms with Crippen LogP contribution >= 0.6 is 11.6 Å². The highest BCUT2D eigenvalue weighted by Crippen LogP contribution is 2.03. The molecule has 0 aliphatic carbocycles. The third-order valence-electron chi connectivity index (χ3n) is 0.555. The van der Waals surface area contributed by atoms with Crippen LogP contribution in [-0.2, 0) is 0 Å².